The van der Waals surface area contributed by atoms with Crippen molar-refractivity contribution in [3.8, 4) is 0 Å². The van der Waals surface area contributed by atoms with Crippen LogP contribution in [0.25, 0.3) is 0 Å². The predicted molar refractivity (Wildman–Crippen MR) is 68.5 cm³/mol. The number of thiazole rings is 1. The second-order valence-electron chi connectivity index (χ2n) is 3.76. The maximum atomic E-state index is 11.8. The second-order valence-corrected chi connectivity index (χ2v) is 4.62. The number of rotatable bonds is 4. The molecule has 0 bridgehead atoms. The molecule has 0 saturated heterocycles. The zero-order valence-electron chi connectivity index (χ0n) is 10.3. The second kappa shape index (κ2) is 5.23. The molecule has 18 heavy (non-hydrogen) atoms. The Morgan fingerprint density at radius 1 is 1.56 bits per heavy atom. The molecule has 2 aromatic rings. The normalized spacial score (nSPS) is 12.4. The molecule has 1 atom stereocenters. The molecular formula is C10H14N6OS. The average molecular weight is 266 g/mol. The summed E-state index contributed by atoms with van der Waals surface area (Å²) < 4.78 is 0. The molecule has 2 heterocycles. The third kappa shape index (κ3) is 2.71. The fourth-order valence-corrected chi connectivity index (χ4v) is 2.10. The lowest BCUT2D eigenvalue weighted by atomic mass is 10.3. The van der Waals surface area contributed by atoms with E-state index in [-0.39, 0.29) is 17.6 Å². The van der Waals surface area contributed by atoms with Gasteiger partial charge in [0, 0.05) is 18.5 Å². The van der Waals surface area contributed by atoms with Gasteiger partial charge < -0.3 is 5.32 Å². The number of anilines is 1. The molecular weight excluding hydrogens is 252 g/mol. The Morgan fingerprint density at radius 3 is 2.94 bits per heavy atom. The molecule has 1 amide bonds. The molecule has 0 aliphatic carbocycles. The van der Waals surface area contributed by atoms with Crippen LogP contribution in [-0.2, 0) is 7.05 Å². The smallest absolute Gasteiger partial charge is 0.279 e. The molecule has 0 spiro atoms. The SMILES string of the molecule is CNC(C)c1csc(NC(=O)c2cnn(C)n2)n1. The van der Waals surface area contributed by atoms with Crippen molar-refractivity contribution in [2.45, 2.75) is 13.0 Å². The Hall–Kier alpha value is -1.80. The number of hydrogen-bond donors (Lipinski definition) is 2. The first-order valence-corrected chi connectivity index (χ1v) is 6.28. The van der Waals surface area contributed by atoms with E-state index in [9.17, 15) is 4.79 Å². The highest BCUT2D eigenvalue weighted by molar-refractivity contribution is 7.14. The summed E-state index contributed by atoms with van der Waals surface area (Å²) in [5.74, 6) is -0.305. The van der Waals surface area contributed by atoms with Gasteiger partial charge >= 0.3 is 0 Å². The minimum absolute atomic E-state index is 0.156. The summed E-state index contributed by atoms with van der Waals surface area (Å²) in [6, 6.07) is 0.156. The molecule has 0 aromatic carbocycles. The van der Waals surface area contributed by atoms with Gasteiger partial charge in [0.05, 0.1) is 11.9 Å². The van der Waals surface area contributed by atoms with Gasteiger partial charge in [-0.3, -0.25) is 10.1 Å². The van der Waals surface area contributed by atoms with Crippen LogP contribution >= 0.6 is 11.3 Å². The summed E-state index contributed by atoms with van der Waals surface area (Å²) in [4.78, 5) is 17.5. The number of amides is 1. The number of hydrogen-bond acceptors (Lipinski definition) is 6. The van der Waals surface area contributed by atoms with Crippen LogP contribution in [0.15, 0.2) is 11.6 Å². The van der Waals surface area contributed by atoms with Crippen molar-refractivity contribution in [3.63, 3.8) is 0 Å². The largest absolute Gasteiger partial charge is 0.312 e. The van der Waals surface area contributed by atoms with Gasteiger partial charge in [0.2, 0.25) is 0 Å². The maximum absolute atomic E-state index is 11.8. The first kappa shape index (κ1) is 12.7. The molecule has 1 unspecified atom stereocenters. The third-order valence-electron chi connectivity index (χ3n) is 2.45. The topological polar surface area (TPSA) is 84.7 Å². The van der Waals surface area contributed by atoms with Gasteiger partial charge in [0.1, 0.15) is 0 Å². The molecule has 7 nitrogen and oxygen atoms in total. The van der Waals surface area contributed by atoms with Crippen molar-refractivity contribution >= 4 is 22.4 Å². The Labute approximate surface area is 108 Å². The number of aryl methyl sites for hydroxylation is 1. The summed E-state index contributed by atoms with van der Waals surface area (Å²) in [7, 11) is 3.52. The minimum Gasteiger partial charge on any atom is -0.312 e. The number of nitrogens with one attached hydrogen (secondary N) is 2. The van der Waals surface area contributed by atoms with Crippen LogP contribution in [0, 0.1) is 0 Å². The van der Waals surface area contributed by atoms with Crippen LogP contribution in [0.2, 0.25) is 0 Å². The van der Waals surface area contributed by atoms with Gasteiger partial charge in [-0.2, -0.15) is 9.90 Å². The standard InChI is InChI=1S/C10H14N6OS/c1-6(11-2)8-5-18-10(13-8)14-9(17)7-4-12-16(3)15-7/h4-6,11H,1-3H3,(H,13,14,17). The lowest BCUT2D eigenvalue weighted by molar-refractivity contribution is 0.102. The van der Waals surface area contributed by atoms with E-state index in [1.807, 2.05) is 19.4 Å². The van der Waals surface area contributed by atoms with Crippen LogP contribution in [0.5, 0.6) is 0 Å². The molecule has 0 radical (unpaired) electrons. The van der Waals surface area contributed by atoms with E-state index >= 15 is 0 Å². The van der Waals surface area contributed by atoms with Crippen molar-refractivity contribution in [1.82, 2.24) is 25.3 Å². The predicted octanol–water partition coefficient (Wildman–Crippen LogP) is 0.804. The number of carbonyl (C=O) groups excluding carboxylic acids is 1. The molecule has 0 fully saturated rings. The number of aromatic nitrogens is 4. The zero-order chi connectivity index (χ0) is 13.1. The molecule has 0 saturated carbocycles. The van der Waals surface area contributed by atoms with Crippen molar-refractivity contribution in [3.05, 3.63) is 23.0 Å². The van der Waals surface area contributed by atoms with E-state index < -0.39 is 0 Å². The van der Waals surface area contributed by atoms with E-state index in [2.05, 4.69) is 25.8 Å². The fraction of sp³-hybridized carbons (Fsp3) is 0.400. The van der Waals surface area contributed by atoms with Gasteiger partial charge in [-0.25, -0.2) is 4.98 Å². The third-order valence-corrected chi connectivity index (χ3v) is 3.23. The van der Waals surface area contributed by atoms with Crippen LogP contribution in [-0.4, -0.2) is 32.9 Å². The maximum Gasteiger partial charge on any atom is 0.279 e. The van der Waals surface area contributed by atoms with Gasteiger partial charge in [-0.1, -0.05) is 0 Å². The van der Waals surface area contributed by atoms with E-state index in [0.29, 0.717) is 5.13 Å². The van der Waals surface area contributed by atoms with Crippen molar-refractivity contribution in [2.75, 3.05) is 12.4 Å². The Kier molecular flexibility index (Phi) is 3.68. The summed E-state index contributed by atoms with van der Waals surface area (Å²) >= 11 is 1.38. The van der Waals surface area contributed by atoms with E-state index in [0.717, 1.165) is 5.69 Å². The zero-order valence-corrected chi connectivity index (χ0v) is 11.2. The van der Waals surface area contributed by atoms with Gasteiger partial charge in [-0.15, -0.1) is 16.4 Å². The monoisotopic (exact) mass is 266 g/mol. The highest BCUT2D eigenvalue weighted by Crippen LogP contribution is 2.20. The number of carbonyl (C=O) groups is 1. The molecule has 0 aliphatic heterocycles. The van der Waals surface area contributed by atoms with Gasteiger partial charge in [-0.05, 0) is 14.0 Å². The molecule has 2 rings (SSSR count). The van der Waals surface area contributed by atoms with Crippen molar-refractivity contribution in [1.29, 1.82) is 0 Å². The Bertz CT molecular complexity index is 548. The quantitative estimate of drug-likeness (QED) is 0.855. The highest BCUT2D eigenvalue weighted by atomic mass is 32.1. The summed E-state index contributed by atoms with van der Waals surface area (Å²) in [6.45, 7) is 2.00. The molecule has 2 N–H and O–H groups in total. The van der Waals surface area contributed by atoms with Crippen LogP contribution in [0.4, 0.5) is 5.13 Å². The first-order valence-electron chi connectivity index (χ1n) is 5.40. The lowest BCUT2D eigenvalue weighted by Gasteiger charge is -2.04. The summed E-state index contributed by atoms with van der Waals surface area (Å²) in [5, 5.41) is 16.0. The Balaban J connectivity index is 2.05. The number of nitrogens with zero attached hydrogens (tertiary/aromatic N) is 4. The van der Waals surface area contributed by atoms with Gasteiger partial charge in [0.15, 0.2) is 10.8 Å². The summed E-state index contributed by atoms with van der Waals surface area (Å²) in [6.07, 6.45) is 1.42. The lowest BCUT2D eigenvalue weighted by Crippen LogP contribution is -2.14. The highest BCUT2D eigenvalue weighted by Gasteiger charge is 2.13. The molecule has 96 valence electrons. The van der Waals surface area contributed by atoms with Crippen LogP contribution in [0.1, 0.15) is 29.1 Å². The Morgan fingerprint density at radius 2 is 2.33 bits per heavy atom. The van der Waals surface area contributed by atoms with Gasteiger partial charge in [0.25, 0.3) is 5.91 Å². The minimum atomic E-state index is -0.305. The fourth-order valence-electron chi connectivity index (χ4n) is 1.30. The van der Waals surface area contributed by atoms with Crippen molar-refractivity contribution in [2.24, 2.45) is 7.05 Å². The van der Waals surface area contributed by atoms with E-state index in [1.165, 1.54) is 22.3 Å². The molecule has 8 heteroatoms. The molecule has 2 aromatic heterocycles. The average Bonchev–Trinajstić information content (AvgIpc) is 2.97. The van der Waals surface area contributed by atoms with Crippen LogP contribution < -0.4 is 10.6 Å². The summed E-state index contributed by atoms with van der Waals surface area (Å²) in [5.41, 5.74) is 1.17. The first-order chi connectivity index (χ1) is 8.60. The van der Waals surface area contributed by atoms with E-state index in [1.54, 1.807) is 7.05 Å². The van der Waals surface area contributed by atoms with Crippen molar-refractivity contribution < 1.29 is 4.79 Å². The van der Waals surface area contributed by atoms with E-state index in [4.69, 9.17) is 0 Å². The molecule has 0 aliphatic rings. The van der Waals surface area contributed by atoms with Crippen LogP contribution in [0.3, 0.4) is 0 Å².